The smallest absolute Gasteiger partial charge is 0.343 e. The number of nitrogens with zero attached hydrogens (tertiary/aromatic N) is 1. The molecule has 1 heterocycles. The number of rotatable bonds is 3. The van der Waals surface area contributed by atoms with Gasteiger partial charge in [0.25, 0.3) is 5.91 Å². The van der Waals surface area contributed by atoms with Crippen LogP contribution in [-0.4, -0.2) is 42.5 Å². The molecular formula is C15H16BrF3N2O2. The molecule has 1 aromatic carbocycles. The van der Waals surface area contributed by atoms with Gasteiger partial charge >= 0.3 is 6.18 Å². The van der Waals surface area contributed by atoms with Crippen molar-refractivity contribution in [2.24, 2.45) is 5.92 Å². The van der Waals surface area contributed by atoms with E-state index in [2.05, 4.69) is 21.2 Å². The third-order valence-electron chi connectivity index (χ3n) is 3.76. The monoisotopic (exact) mass is 392 g/mol. The molecule has 1 atom stereocenters. The summed E-state index contributed by atoms with van der Waals surface area (Å²) in [6.07, 6.45) is -3.94. The highest BCUT2D eigenvalue weighted by atomic mass is 79.9. The zero-order valence-corrected chi connectivity index (χ0v) is 13.8. The highest BCUT2D eigenvalue weighted by Gasteiger charge is 2.42. The minimum Gasteiger partial charge on any atom is -0.343 e. The Balaban J connectivity index is 1.90. The van der Waals surface area contributed by atoms with Crippen molar-refractivity contribution in [3.05, 3.63) is 34.3 Å². The Morgan fingerprint density at radius 3 is 2.65 bits per heavy atom. The third kappa shape index (κ3) is 4.70. The van der Waals surface area contributed by atoms with Crippen LogP contribution in [-0.2, 0) is 4.79 Å². The van der Waals surface area contributed by atoms with E-state index in [1.165, 1.54) is 4.90 Å². The minimum absolute atomic E-state index is 0.0383. The summed E-state index contributed by atoms with van der Waals surface area (Å²) in [6.45, 7) is -0.367. The molecule has 1 N–H and O–H groups in total. The second-order valence-corrected chi connectivity index (χ2v) is 6.24. The molecule has 4 nitrogen and oxygen atoms in total. The lowest BCUT2D eigenvalue weighted by Crippen LogP contribution is -2.48. The van der Waals surface area contributed by atoms with Crippen LogP contribution >= 0.6 is 15.9 Å². The summed E-state index contributed by atoms with van der Waals surface area (Å²) in [5.41, 5.74) is 0.368. The molecule has 126 valence electrons. The van der Waals surface area contributed by atoms with Gasteiger partial charge in [-0.3, -0.25) is 9.59 Å². The van der Waals surface area contributed by atoms with Crippen LogP contribution in [0.2, 0.25) is 0 Å². The summed E-state index contributed by atoms with van der Waals surface area (Å²) in [4.78, 5) is 25.2. The predicted molar refractivity (Wildman–Crippen MR) is 81.8 cm³/mol. The van der Waals surface area contributed by atoms with Crippen LogP contribution in [0.5, 0.6) is 0 Å². The van der Waals surface area contributed by atoms with E-state index < -0.39 is 23.9 Å². The van der Waals surface area contributed by atoms with Crippen molar-refractivity contribution in [1.29, 1.82) is 0 Å². The van der Waals surface area contributed by atoms with Crippen molar-refractivity contribution in [2.45, 2.75) is 19.0 Å². The van der Waals surface area contributed by atoms with Crippen molar-refractivity contribution in [2.75, 3.05) is 19.6 Å². The highest BCUT2D eigenvalue weighted by molar-refractivity contribution is 9.10. The lowest BCUT2D eigenvalue weighted by Gasteiger charge is -2.33. The summed E-state index contributed by atoms with van der Waals surface area (Å²) in [6, 6.07) is 6.71. The summed E-state index contributed by atoms with van der Waals surface area (Å²) in [5, 5.41) is 2.45. The van der Waals surface area contributed by atoms with Crippen LogP contribution in [0.4, 0.5) is 13.2 Å². The number of halogens is 4. The van der Waals surface area contributed by atoms with Crippen LogP contribution in [0.25, 0.3) is 0 Å². The molecule has 0 bridgehead atoms. The number of alkyl halides is 3. The molecule has 0 aliphatic carbocycles. The van der Waals surface area contributed by atoms with Gasteiger partial charge in [0.1, 0.15) is 0 Å². The largest absolute Gasteiger partial charge is 0.393 e. The van der Waals surface area contributed by atoms with Crippen molar-refractivity contribution in [3.63, 3.8) is 0 Å². The molecule has 23 heavy (non-hydrogen) atoms. The van der Waals surface area contributed by atoms with Crippen LogP contribution < -0.4 is 5.32 Å². The van der Waals surface area contributed by atoms with Gasteiger partial charge in [0.15, 0.2) is 0 Å². The van der Waals surface area contributed by atoms with Crippen molar-refractivity contribution in [1.82, 2.24) is 10.2 Å². The topological polar surface area (TPSA) is 49.4 Å². The van der Waals surface area contributed by atoms with Gasteiger partial charge < -0.3 is 10.2 Å². The van der Waals surface area contributed by atoms with Gasteiger partial charge in [0, 0.05) is 17.6 Å². The van der Waals surface area contributed by atoms with Crippen LogP contribution in [0.3, 0.4) is 0 Å². The maximum Gasteiger partial charge on any atom is 0.393 e. The highest BCUT2D eigenvalue weighted by Crippen LogP contribution is 2.33. The molecule has 0 saturated carbocycles. The van der Waals surface area contributed by atoms with Gasteiger partial charge in [-0.15, -0.1) is 0 Å². The number of piperidine rings is 1. The second kappa shape index (κ2) is 7.33. The molecule has 1 aromatic rings. The third-order valence-corrected chi connectivity index (χ3v) is 4.45. The summed E-state index contributed by atoms with van der Waals surface area (Å²) >= 11 is 3.23. The molecule has 0 unspecified atom stereocenters. The first-order chi connectivity index (χ1) is 10.8. The standard InChI is InChI=1S/C15H16BrF3N2O2/c16-12-6-2-1-5-11(12)14(23)20-8-13(22)21-7-3-4-10(9-21)15(17,18)19/h1-2,5-6,10H,3-4,7-9H2,(H,20,23)/t10-/m1/s1. The molecule has 1 saturated heterocycles. The average molecular weight is 393 g/mol. The first-order valence-corrected chi connectivity index (χ1v) is 7.95. The molecule has 8 heteroatoms. The summed E-state index contributed by atoms with van der Waals surface area (Å²) in [7, 11) is 0. The molecule has 1 aliphatic heterocycles. The fourth-order valence-electron chi connectivity index (χ4n) is 2.48. The number of carbonyl (C=O) groups excluding carboxylic acids is 2. The maximum atomic E-state index is 12.7. The van der Waals surface area contributed by atoms with Crippen molar-refractivity contribution < 1.29 is 22.8 Å². The molecular weight excluding hydrogens is 377 g/mol. The number of hydrogen-bond donors (Lipinski definition) is 1. The zero-order chi connectivity index (χ0) is 17.0. The van der Waals surface area contributed by atoms with Gasteiger partial charge in [-0.2, -0.15) is 13.2 Å². The fraction of sp³-hybridized carbons (Fsp3) is 0.467. The average Bonchev–Trinajstić information content (AvgIpc) is 2.52. The van der Waals surface area contributed by atoms with E-state index in [-0.39, 0.29) is 26.1 Å². The second-order valence-electron chi connectivity index (χ2n) is 5.38. The van der Waals surface area contributed by atoms with Gasteiger partial charge in [-0.1, -0.05) is 12.1 Å². The molecule has 0 spiro atoms. The Morgan fingerprint density at radius 2 is 2.00 bits per heavy atom. The van der Waals surface area contributed by atoms with Crippen molar-refractivity contribution in [3.8, 4) is 0 Å². The van der Waals surface area contributed by atoms with E-state index in [4.69, 9.17) is 0 Å². The first-order valence-electron chi connectivity index (χ1n) is 7.16. The lowest BCUT2D eigenvalue weighted by molar-refractivity contribution is -0.187. The van der Waals surface area contributed by atoms with Crippen LogP contribution in [0, 0.1) is 5.92 Å². The Kier molecular flexibility index (Phi) is 5.67. The minimum atomic E-state index is -4.29. The molecule has 0 aromatic heterocycles. The number of hydrogen-bond acceptors (Lipinski definition) is 2. The molecule has 0 radical (unpaired) electrons. The quantitative estimate of drug-likeness (QED) is 0.859. The molecule has 1 fully saturated rings. The summed E-state index contributed by atoms with van der Waals surface area (Å²) in [5.74, 6) is -2.44. The zero-order valence-electron chi connectivity index (χ0n) is 12.2. The van der Waals surface area contributed by atoms with Gasteiger partial charge in [0.2, 0.25) is 5.91 Å². The normalized spacial score (nSPS) is 18.6. The van der Waals surface area contributed by atoms with Gasteiger partial charge in [0.05, 0.1) is 18.0 Å². The van der Waals surface area contributed by atoms with Gasteiger partial charge in [-0.05, 0) is 40.9 Å². The Labute approximate surface area is 140 Å². The van der Waals surface area contributed by atoms with Gasteiger partial charge in [-0.25, -0.2) is 0 Å². The Hall–Kier alpha value is -1.57. The number of nitrogens with one attached hydrogen (secondary N) is 1. The number of benzene rings is 1. The Morgan fingerprint density at radius 1 is 1.30 bits per heavy atom. The van der Waals surface area contributed by atoms with E-state index in [1.807, 2.05) is 0 Å². The number of likely N-dealkylation sites (tertiary alicyclic amines) is 1. The van der Waals surface area contributed by atoms with Crippen molar-refractivity contribution >= 4 is 27.7 Å². The van der Waals surface area contributed by atoms with E-state index in [9.17, 15) is 22.8 Å². The maximum absolute atomic E-state index is 12.7. The Bertz CT molecular complexity index is 592. The van der Waals surface area contributed by atoms with E-state index in [0.29, 0.717) is 16.5 Å². The van der Waals surface area contributed by atoms with Crippen LogP contribution in [0.15, 0.2) is 28.7 Å². The number of carbonyl (C=O) groups is 2. The number of amides is 2. The first kappa shape index (κ1) is 17.8. The SMILES string of the molecule is O=C(NCC(=O)N1CCC[C@@H](C(F)(F)F)C1)c1ccccc1Br. The van der Waals surface area contributed by atoms with E-state index in [0.717, 1.165) is 0 Å². The van der Waals surface area contributed by atoms with Crippen LogP contribution in [0.1, 0.15) is 23.2 Å². The lowest BCUT2D eigenvalue weighted by atomic mass is 9.97. The van der Waals surface area contributed by atoms with E-state index >= 15 is 0 Å². The molecule has 2 rings (SSSR count). The molecule has 2 amide bonds. The predicted octanol–water partition coefficient (Wildman–Crippen LogP) is 2.98. The summed E-state index contributed by atoms with van der Waals surface area (Å²) < 4.78 is 38.8. The fourth-order valence-corrected chi connectivity index (χ4v) is 2.94. The molecule has 1 aliphatic rings. The van der Waals surface area contributed by atoms with E-state index in [1.54, 1.807) is 24.3 Å².